The molecule has 0 N–H and O–H groups in total. The van der Waals surface area contributed by atoms with E-state index in [-0.39, 0.29) is 28.9 Å². The van der Waals surface area contributed by atoms with Crippen molar-refractivity contribution in [2.45, 2.75) is 0 Å². The zero-order chi connectivity index (χ0) is 24.9. The van der Waals surface area contributed by atoms with E-state index in [1.54, 1.807) is 41.3 Å². The molecule has 0 aromatic heterocycles. The van der Waals surface area contributed by atoms with E-state index < -0.39 is 17.1 Å². The van der Waals surface area contributed by atoms with Gasteiger partial charge in [-0.05, 0) is 59.8 Å². The molecule has 0 unspecified atom stereocenters. The normalized spacial score (nSPS) is 17.1. The van der Waals surface area contributed by atoms with Crippen LogP contribution < -0.4 is 9.47 Å². The molecule has 35 heavy (non-hydrogen) atoms. The number of carbonyl (C=O) groups excluding carboxylic acids is 4. The Bertz CT molecular complexity index is 1190. The maximum Gasteiger partial charge on any atom is 0.343 e. The van der Waals surface area contributed by atoms with Crippen molar-refractivity contribution in [1.82, 2.24) is 9.80 Å². The standard InChI is InChI=1S/C24H21ClN2O7S/c1-32-19-12-15(2-7-18(19)34-23(30)16-3-5-17(25)6-4-16)13-20-22(29)27(24(31)35-20)14-21(28)26-8-10-33-11-9-26/h2-7,12-13H,8-11,14H2,1H3/b20-13-. The van der Waals surface area contributed by atoms with Crippen LogP contribution in [0, 0.1) is 0 Å². The average molecular weight is 517 g/mol. The van der Waals surface area contributed by atoms with E-state index in [0.717, 1.165) is 16.7 Å². The lowest BCUT2D eigenvalue weighted by Gasteiger charge is -2.28. The first kappa shape index (κ1) is 24.8. The van der Waals surface area contributed by atoms with Gasteiger partial charge in [0.05, 0.1) is 30.8 Å². The molecular formula is C24H21ClN2O7S. The van der Waals surface area contributed by atoms with Gasteiger partial charge in [-0.15, -0.1) is 0 Å². The molecule has 11 heteroatoms. The number of ether oxygens (including phenoxy) is 3. The number of rotatable bonds is 6. The number of imide groups is 1. The smallest absolute Gasteiger partial charge is 0.343 e. The van der Waals surface area contributed by atoms with Crippen molar-refractivity contribution in [2.75, 3.05) is 40.0 Å². The fourth-order valence-corrected chi connectivity index (χ4v) is 4.40. The monoisotopic (exact) mass is 516 g/mol. The average Bonchev–Trinajstić information content (AvgIpc) is 3.13. The lowest BCUT2D eigenvalue weighted by atomic mass is 10.1. The van der Waals surface area contributed by atoms with Crippen molar-refractivity contribution in [2.24, 2.45) is 0 Å². The second kappa shape index (κ2) is 10.9. The quantitative estimate of drug-likeness (QED) is 0.327. The molecular weight excluding hydrogens is 496 g/mol. The molecule has 2 aliphatic rings. The van der Waals surface area contributed by atoms with E-state index in [9.17, 15) is 19.2 Å². The van der Waals surface area contributed by atoms with Gasteiger partial charge < -0.3 is 19.1 Å². The zero-order valence-corrected chi connectivity index (χ0v) is 20.3. The molecule has 2 fully saturated rings. The molecule has 3 amide bonds. The van der Waals surface area contributed by atoms with Crippen LogP contribution in [0.3, 0.4) is 0 Å². The minimum Gasteiger partial charge on any atom is -0.493 e. The van der Waals surface area contributed by atoms with Gasteiger partial charge in [0.1, 0.15) is 6.54 Å². The van der Waals surface area contributed by atoms with Crippen LogP contribution in [0.25, 0.3) is 6.08 Å². The molecule has 0 atom stereocenters. The zero-order valence-electron chi connectivity index (χ0n) is 18.7. The Morgan fingerprint density at radius 3 is 2.49 bits per heavy atom. The number of morpholine rings is 1. The third-order valence-corrected chi connectivity index (χ3v) is 6.46. The van der Waals surface area contributed by atoms with Crippen LogP contribution in [-0.4, -0.2) is 72.8 Å². The molecule has 182 valence electrons. The van der Waals surface area contributed by atoms with Crippen molar-refractivity contribution >= 4 is 52.5 Å². The first-order valence-corrected chi connectivity index (χ1v) is 11.8. The van der Waals surface area contributed by atoms with Crippen molar-refractivity contribution in [3.8, 4) is 11.5 Å². The minimum atomic E-state index is -0.584. The Balaban J connectivity index is 1.46. The van der Waals surface area contributed by atoms with Crippen LogP contribution in [0.5, 0.6) is 11.5 Å². The van der Waals surface area contributed by atoms with Crippen molar-refractivity contribution in [3.05, 3.63) is 63.5 Å². The van der Waals surface area contributed by atoms with Crippen LogP contribution in [-0.2, 0) is 14.3 Å². The molecule has 0 spiro atoms. The van der Waals surface area contributed by atoms with E-state index in [1.165, 1.54) is 19.3 Å². The molecule has 9 nitrogen and oxygen atoms in total. The molecule has 2 aromatic rings. The first-order chi connectivity index (χ1) is 16.9. The van der Waals surface area contributed by atoms with Crippen LogP contribution in [0.1, 0.15) is 15.9 Å². The summed E-state index contributed by atoms with van der Waals surface area (Å²) in [6.45, 7) is 1.41. The minimum absolute atomic E-state index is 0.178. The number of carbonyl (C=O) groups is 4. The van der Waals surface area contributed by atoms with Crippen LogP contribution in [0.15, 0.2) is 47.4 Å². The summed E-state index contributed by atoms with van der Waals surface area (Å²) < 4.78 is 16.0. The molecule has 4 rings (SSSR count). The predicted octanol–water partition coefficient (Wildman–Crippen LogP) is 3.46. The molecule has 0 aliphatic carbocycles. The molecule has 2 aliphatic heterocycles. The second-order valence-corrected chi connectivity index (χ2v) is 9.00. The van der Waals surface area contributed by atoms with E-state index in [0.29, 0.717) is 42.5 Å². The highest BCUT2D eigenvalue weighted by molar-refractivity contribution is 8.18. The number of hydrogen-bond donors (Lipinski definition) is 0. The van der Waals surface area contributed by atoms with Gasteiger partial charge in [-0.1, -0.05) is 17.7 Å². The number of nitrogens with zero attached hydrogens (tertiary/aromatic N) is 2. The summed E-state index contributed by atoms with van der Waals surface area (Å²) in [6, 6.07) is 11.0. The van der Waals surface area contributed by atoms with Crippen molar-refractivity contribution in [3.63, 3.8) is 0 Å². The Morgan fingerprint density at radius 1 is 1.09 bits per heavy atom. The Labute approximate surface area is 210 Å². The largest absolute Gasteiger partial charge is 0.493 e. The summed E-state index contributed by atoms with van der Waals surface area (Å²) in [5, 5.41) is -0.0123. The number of hydrogen-bond acceptors (Lipinski definition) is 8. The van der Waals surface area contributed by atoms with Crippen molar-refractivity contribution in [1.29, 1.82) is 0 Å². The Morgan fingerprint density at radius 2 is 1.80 bits per heavy atom. The van der Waals surface area contributed by atoms with E-state index in [4.69, 9.17) is 25.8 Å². The number of halogens is 1. The van der Waals surface area contributed by atoms with Gasteiger partial charge in [-0.3, -0.25) is 19.3 Å². The number of benzene rings is 2. The Hall–Kier alpha value is -3.34. The van der Waals surface area contributed by atoms with E-state index in [1.807, 2.05) is 0 Å². The summed E-state index contributed by atoms with van der Waals surface area (Å²) in [7, 11) is 1.42. The fraction of sp³-hybridized carbons (Fsp3) is 0.250. The third-order valence-electron chi connectivity index (χ3n) is 5.30. The highest BCUT2D eigenvalue weighted by atomic mass is 35.5. The van der Waals surface area contributed by atoms with Crippen LogP contribution in [0.4, 0.5) is 4.79 Å². The van der Waals surface area contributed by atoms with Gasteiger partial charge in [0, 0.05) is 18.1 Å². The molecule has 0 radical (unpaired) electrons. The third kappa shape index (κ3) is 5.84. The summed E-state index contributed by atoms with van der Waals surface area (Å²) in [5.41, 5.74) is 0.874. The molecule has 0 bridgehead atoms. The lowest BCUT2D eigenvalue weighted by Crippen LogP contribution is -2.46. The highest BCUT2D eigenvalue weighted by Gasteiger charge is 2.37. The molecule has 2 aromatic carbocycles. The van der Waals surface area contributed by atoms with Gasteiger partial charge in [-0.2, -0.15) is 0 Å². The predicted molar refractivity (Wildman–Crippen MR) is 129 cm³/mol. The summed E-state index contributed by atoms with van der Waals surface area (Å²) in [5.74, 6) is -0.973. The van der Waals surface area contributed by atoms with Gasteiger partial charge in [0.2, 0.25) is 5.91 Å². The maximum absolute atomic E-state index is 12.8. The Kier molecular flexibility index (Phi) is 7.74. The lowest BCUT2D eigenvalue weighted by molar-refractivity contribution is -0.139. The van der Waals surface area contributed by atoms with Crippen molar-refractivity contribution < 1.29 is 33.4 Å². The topological polar surface area (TPSA) is 102 Å². The maximum atomic E-state index is 12.8. The van der Waals surface area contributed by atoms with Crippen LogP contribution in [0.2, 0.25) is 5.02 Å². The van der Waals surface area contributed by atoms with Gasteiger partial charge in [0.25, 0.3) is 11.1 Å². The number of esters is 1. The van der Waals surface area contributed by atoms with Gasteiger partial charge >= 0.3 is 5.97 Å². The summed E-state index contributed by atoms with van der Waals surface area (Å²) in [4.78, 5) is 52.8. The number of amides is 3. The second-order valence-electron chi connectivity index (χ2n) is 7.57. The summed E-state index contributed by atoms with van der Waals surface area (Å²) >= 11 is 6.61. The first-order valence-electron chi connectivity index (χ1n) is 10.6. The number of methoxy groups -OCH3 is 1. The summed E-state index contributed by atoms with van der Waals surface area (Å²) in [6.07, 6.45) is 1.53. The van der Waals surface area contributed by atoms with Gasteiger partial charge in [0.15, 0.2) is 11.5 Å². The van der Waals surface area contributed by atoms with Crippen LogP contribution >= 0.6 is 23.4 Å². The molecule has 2 heterocycles. The SMILES string of the molecule is COc1cc(/C=C2\SC(=O)N(CC(=O)N3CCOCC3)C2=O)ccc1OC(=O)c1ccc(Cl)cc1. The number of thioether (sulfide) groups is 1. The van der Waals surface area contributed by atoms with E-state index in [2.05, 4.69) is 0 Å². The highest BCUT2D eigenvalue weighted by Crippen LogP contribution is 2.35. The fourth-order valence-electron chi connectivity index (χ4n) is 3.44. The van der Waals surface area contributed by atoms with E-state index >= 15 is 0 Å². The molecule has 2 saturated heterocycles. The van der Waals surface area contributed by atoms with Gasteiger partial charge in [-0.25, -0.2) is 4.79 Å². The molecule has 0 saturated carbocycles.